The number of carbonyl (C=O) groups is 1. The van der Waals surface area contributed by atoms with Crippen LogP contribution in [0.25, 0.3) is 6.08 Å². The third-order valence-electron chi connectivity index (χ3n) is 5.40. The van der Waals surface area contributed by atoms with E-state index >= 15 is 0 Å². The average Bonchev–Trinajstić information content (AvgIpc) is 2.73. The van der Waals surface area contributed by atoms with Gasteiger partial charge in [-0.3, -0.25) is 4.79 Å². The summed E-state index contributed by atoms with van der Waals surface area (Å²) in [7, 11) is 5.11. The summed E-state index contributed by atoms with van der Waals surface area (Å²) in [5.41, 5.74) is 1.55. The molecule has 0 aliphatic carbocycles. The second-order valence-corrected chi connectivity index (χ2v) is 7.62. The highest BCUT2D eigenvalue weighted by Crippen LogP contribution is 2.45. The number of aromatic hydroxyl groups is 1. The molecule has 6 heteroatoms. The molecule has 29 heavy (non-hydrogen) atoms. The third kappa shape index (κ3) is 4.57. The van der Waals surface area contributed by atoms with Gasteiger partial charge in [0.15, 0.2) is 5.78 Å². The monoisotopic (exact) mass is 415 g/mol. The lowest BCUT2D eigenvalue weighted by molar-refractivity contribution is 0.104. The van der Waals surface area contributed by atoms with Crippen molar-refractivity contribution in [1.29, 1.82) is 0 Å². The molecule has 154 valence electrons. The Morgan fingerprint density at radius 2 is 1.83 bits per heavy atom. The lowest BCUT2D eigenvalue weighted by Crippen LogP contribution is -2.29. The molecule has 5 nitrogen and oxygen atoms in total. The van der Waals surface area contributed by atoms with Crippen molar-refractivity contribution in [2.45, 2.75) is 18.8 Å². The molecule has 0 aromatic heterocycles. The van der Waals surface area contributed by atoms with E-state index in [1.165, 1.54) is 13.2 Å². The number of likely N-dealkylation sites (tertiary alicyclic amines) is 1. The van der Waals surface area contributed by atoms with Crippen molar-refractivity contribution < 1.29 is 19.4 Å². The number of halogens is 1. The van der Waals surface area contributed by atoms with Crippen LogP contribution >= 0.6 is 11.6 Å². The van der Waals surface area contributed by atoms with Gasteiger partial charge >= 0.3 is 0 Å². The van der Waals surface area contributed by atoms with Gasteiger partial charge in [-0.25, -0.2) is 0 Å². The van der Waals surface area contributed by atoms with Crippen molar-refractivity contribution in [3.8, 4) is 17.2 Å². The second-order valence-electron chi connectivity index (χ2n) is 7.22. The van der Waals surface area contributed by atoms with E-state index in [-0.39, 0.29) is 28.8 Å². The van der Waals surface area contributed by atoms with Crippen LogP contribution in [0.1, 0.15) is 40.2 Å². The van der Waals surface area contributed by atoms with Crippen molar-refractivity contribution in [3.63, 3.8) is 0 Å². The Bertz CT molecular complexity index is 917. The molecular weight excluding hydrogens is 390 g/mol. The first-order valence-corrected chi connectivity index (χ1v) is 9.97. The van der Waals surface area contributed by atoms with Crippen LogP contribution in [-0.2, 0) is 0 Å². The summed E-state index contributed by atoms with van der Waals surface area (Å²) >= 11 is 6.16. The Kier molecular flexibility index (Phi) is 6.83. The van der Waals surface area contributed by atoms with Gasteiger partial charge in [-0.15, -0.1) is 0 Å². The number of phenolic OH excluding ortho intramolecular Hbond substituents is 1. The molecule has 0 radical (unpaired) electrons. The third-order valence-corrected chi connectivity index (χ3v) is 5.74. The molecule has 0 bridgehead atoms. The van der Waals surface area contributed by atoms with E-state index in [0.29, 0.717) is 16.3 Å². The van der Waals surface area contributed by atoms with Crippen LogP contribution in [0.4, 0.5) is 0 Å². The first-order valence-electron chi connectivity index (χ1n) is 9.59. The number of allylic oxidation sites excluding steroid dienone is 1. The van der Waals surface area contributed by atoms with Gasteiger partial charge in [0.1, 0.15) is 22.8 Å². The number of benzene rings is 2. The van der Waals surface area contributed by atoms with Crippen LogP contribution in [-0.4, -0.2) is 50.1 Å². The first-order chi connectivity index (χ1) is 14.0. The van der Waals surface area contributed by atoms with Gasteiger partial charge in [0, 0.05) is 16.7 Å². The Morgan fingerprint density at radius 1 is 1.17 bits per heavy atom. The van der Waals surface area contributed by atoms with Crippen LogP contribution in [0.2, 0.25) is 5.02 Å². The summed E-state index contributed by atoms with van der Waals surface area (Å²) in [4.78, 5) is 15.2. The summed E-state index contributed by atoms with van der Waals surface area (Å²) in [5.74, 6) is 0.525. The predicted octanol–water partition coefficient (Wildman–Crippen LogP) is 4.77. The Morgan fingerprint density at radius 3 is 2.45 bits per heavy atom. The lowest BCUT2D eigenvalue weighted by Gasteiger charge is -2.31. The minimum atomic E-state index is -0.351. The van der Waals surface area contributed by atoms with E-state index in [1.54, 1.807) is 25.3 Å². The van der Waals surface area contributed by atoms with Gasteiger partial charge in [-0.2, -0.15) is 0 Å². The highest BCUT2D eigenvalue weighted by Gasteiger charge is 2.29. The summed E-state index contributed by atoms with van der Waals surface area (Å²) in [5, 5.41) is 11.6. The smallest absolute Gasteiger partial charge is 0.193 e. The van der Waals surface area contributed by atoms with E-state index < -0.39 is 0 Å². The largest absolute Gasteiger partial charge is 0.507 e. The number of ketones is 1. The van der Waals surface area contributed by atoms with Crippen LogP contribution in [0, 0.1) is 0 Å². The molecule has 1 N–H and O–H groups in total. The zero-order chi connectivity index (χ0) is 21.0. The summed E-state index contributed by atoms with van der Waals surface area (Å²) in [6.07, 6.45) is 4.82. The van der Waals surface area contributed by atoms with Crippen LogP contribution < -0.4 is 9.47 Å². The number of carbonyl (C=O) groups excluding carboxylic acids is 1. The molecule has 0 saturated carbocycles. The molecule has 0 unspecified atom stereocenters. The fourth-order valence-corrected chi connectivity index (χ4v) is 3.95. The van der Waals surface area contributed by atoms with E-state index in [2.05, 4.69) is 11.9 Å². The lowest BCUT2D eigenvalue weighted by atomic mass is 9.86. The van der Waals surface area contributed by atoms with E-state index in [9.17, 15) is 9.90 Å². The molecule has 1 aliphatic rings. The Labute approximate surface area is 176 Å². The number of rotatable bonds is 6. The van der Waals surface area contributed by atoms with Crippen molar-refractivity contribution in [2.75, 3.05) is 34.4 Å². The maximum atomic E-state index is 13.0. The minimum absolute atomic E-state index is 0.0652. The number of nitrogens with zero attached hydrogens (tertiary/aromatic N) is 1. The molecule has 3 rings (SSSR count). The highest BCUT2D eigenvalue weighted by atomic mass is 35.5. The van der Waals surface area contributed by atoms with Gasteiger partial charge in [-0.1, -0.05) is 29.8 Å². The van der Waals surface area contributed by atoms with Gasteiger partial charge in [0.2, 0.25) is 0 Å². The summed E-state index contributed by atoms with van der Waals surface area (Å²) < 4.78 is 10.9. The van der Waals surface area contributed by atoms with Crippen molar-refractivity contribution in [1.82, 2.24) is 4.90 Å². The first kappa shape index (κ1) is 21.2. The predicted molar refractivity (Wildman–Crippen MR) is 115 cm³/mol. The van der Waals surface area contributed by atoms with Crippen molar-refractivity contribution in [2.24, 2.45) is 0 Å². The highest BCUT2D eigenvalue weighted by molar-refractivity contribution is 6.32. The molecule has 1 heterocycles. The maximum absolute atomic E-state index is 13.0. The topological polar surface area (TPSA) is 59.0 Å². The van der Waals surface area contributed by atoms with Gasteiger partial charge < -0.3 is 19.5 Å². The fourth-order valence-electron chi connectivity index (χ4n) is 3.76. The van der Waals surface area contributed by atoms with Gasteiger partial charge in [0.25, 0.3) is 0 Å². The molecule has 1 fully saturated rings. The average molecular weight is 416 g/mol. The normalized spacial score (nSPS) is 15.6. The maximum Gasteiger partial charge on any atom is 0.193 e. The Balaban J connectivity index is 2.02. The molecular formula is C23H26ClNO4. The molecule has 1 aliphatic heterocycles. The van der Waals surface area contributed by atoms with Crippen LogP contribution in [0.5, 0.6) is 17.2 Å². The standard InChI is InChI=1S/C23H26ClNO4/c1-25-12-10-16(11-13-25)21-19(28-2)14-20(29-3)22(23(21)27)18(26)9-8-15-6-4-5-7-17(15)24/h4-9,14,16,27H,10-13H2,1-3H3/b9-8+. The number of hydrogen-bond acceptors (Lipinski definition) is 5. The number of phenols is 1. The summed E-state index contributed by atoms with van der Waals surface area (Å²) in [6, 6.07) is 8.94. The zero-order valence-electron chi connectivity index (χ0n) is 16.9. The van der Waals surface area contributed by atoms with Crippen molar-refractivity contribution >= 4 is 23.5 Å². The molecule has 0 amide bonds. The number of piperidine rings is 1. The quantitative estimate of drug-likeness (QED) is 0.544. The zero-order valence-corrected chi connectivity index (χ0v) is 17.7. The number of ether oxygens (including phenoxy) is 2. The molecule has 0 spiro atoms. The van der Waals surface area contributed by atoms with E-state index in [1.807, 2.05) is 18.2 Å². The minimum Gasteiger partial charge on any atom is -0.507 e. The van der Waals surface area contributed by atoms with E-state index in [4.69, 9.17) is 21.1 Å². The molecule has 2 aromatic carbocycles. The van der Waals surface area contributed by atoms with Gasteiger partial charge in [0.05, 0.1) is 14.2 Å². The van der Waals surface area contributed by atoms with E-state index in [0.717, 1.165) is 31.5 Å². The van der Waals surface area contributed by atoms with Crippen LogP contribution in [0.3, 0.4) is 0 Å². The second kappa shape index (κ2) is 9.33. The SMILES string of the molecule is COc1cc(OC)c(C2CCN(C)CC2)c(O)c1C(=O)/C=C/c1ccccc1Cl. The fraction of sp³-hybridized carbons (Fsp3) is 0.348. The molecule has 1 saturated heterocycles. The molecule has 0 atom stereocenters. The number of methoxy groups -OCH3 is 2. The van der Waals surface area contributed by atoms with Crippen LogP contribution in [0.15, 0.2) is 36.4 Å². The molecule has 2 aromatic rings. The van der Waals surface area contributed by atoms with Crippen molar-refractivity contribution in [3.05, 3.63) is 58.1 Å². The Hall–Kier alpha value is -2.50. The summed E-state index contributed by atoms with van der Waals surface area (Å²) in [6.45, 7) is 1.85. The van der Waals surface area contributed by atoms with Gasteiger partial charge in [-0.05, 0) is 62.7 Å². The number of hydrogen-bond donors (Lipinski definition) is 1.